The van der Waals surface area contributed by atoms with Crippen molar-refractivity contribution in [2.24, 2.45) is 17.6 Å². The molecule has 2 fully saturated rings. The van der Waals surface area contributed by atoms with Crippen molar-refractivity contribution in [2.45, 2.75) is 183 Å². The number of aromatic carboxylic acids is 1. The molecule has 16 atom stereocenters. The summed E-state index contributed by atoms with van der Waals surface area (Å²) in [4.78, 5) is 208. The number of ether oxygens (including phenoxy) is 8. The van der Waals surface area contributed by atoms with E-state index in [0.717, 1.165) is 38.8 Å². The molecule has 14 N–H and O–H groups in total. The van der Waals surface area contributed by atoms with Crippen LogP contribution in [0.25, 0.3) is 10.9 Å². The van der Waals surface area contributed by atoms with Gasteiger partial charge in [-0.2, -0.15) is 0 Å². The first kappa shape index (κ1) is 83.8. The normalized spacial score (nSPS) is 25.6. The number of carbonyl (C=O) groups excluding carboxylic acids is 14. The van der Waals surface area contributed by atoms with Gasteiger partial charge in [-0.1, -0.05) is 46.1 Å². The van der Waals surface area contributed by atoms with Gasteiger partial charge in [0.2, 0.25) is 64.7 Å². The third kappa shape index (κ3) is 22.1. The molecule has 4 aliphatic rings. The summed E-state index contributed by atoms with van der Waals surface area (Å²) in [6.07, 6.45) is -12.6. The van der Waals surface area contributed by atoms with Gasteiger partial charge in [0.15, 0.2) is 18.3 Å². The highest BCUT2D eigenvalue weighted by molar-refractivity contribution is 7.92. The second-order valence-electron chi connectivity index (χ2n) is 25.9. The van der Waals surface area contributed by atoms with Crippen molar-refractivity contribution in [3.05, 3.63) is 53.1 Å². The zero-order valence-corrected chi connectivity index (χ0v) is 60.5. The molecule has 39 nitrogen and oxygen atoms in total. The van der Waals surface area contributed by atoms with Gasteiger partial charge in [-0.15, -0.1) is 0 Å². The van der Waals surface area contributed by atoms with Crippen LogP contribution in [-0.4, -0.2) is 261 Å². The molecule has 4 aliphatic heterocycles. The van der Waals surface area contributed by atoms with Gasteiger partial charge in [0.1, 0.15) is 53.9 Å². The number of unbranched alkanes of at least 4 members (excludes halogenated alkanes) is 3. The Morgan fingerprint density at radius 2 is 1.44 bits per heavy atom. The number of nitrogens with zero attached hydrogens (tertiary/aromatic N) is 2. The Bertz CT molecular complexity index is 3840. The minimum atomic E-state index is -2.88. The molecule has 1 aromatic heterocycles. The van der Waals surface area contributed by atoms with E-state index in [-0.39, 0.29) is 46.0 Å². The second kappa shape index (κ2) is 38.2. The highest BCUT2D eigenvalue weighted by atomic mass is 32.2. The standard InChI is InChI=1S/C67H89N11O28S/c1-9-30(2)50-58(90)70-26-49(87)75-62-60(92)72-43(24-47(68)85)63(93)78-27-36(83)21-44(78)57(89)76-51(31(3)45(84)28-79)59(91)71-42(56(88)69-25-48(86)74-50)23-39-38-16-15-37(22-41(38)73-61(39)107(62)98)100-19-13-11-10-12-18-77(7)67(97)101-29-35-14-17-46(40(20-35)64(94)95)105-66-55(104-34(6)82)53(103-33(5)81)52(102-32(4)80)54(106-66)65(96)99-8/h14-17,20,22,30-31,36,42-45,50-55,62,66,73,79,83-84H,9-13,18-19,21,23-29H2,1-8H3,(H2,68,85)(H,69,88)(H,70,90)(H,71,91)(H,72,92)(H,74,86)(H,75,87)(H,76,89)(H,94,95)/t30-,31-,36+,42-,43-,44-,45-,50?,51-,52-,53-,54-,55+,62-,66+,107?/m0/s1. The number of amides is 10. The number of aliphatic hydroxyl groups is 3. The van der Waals surface area contributed by atoms with Gasteiger partial charge in [0.05, 0.1) is 57.6 Å². The number of nitrogens with two attached hydrogens (primary N) is 1. The van der Waals surface area contributed by atoms with Gasteiger partial charge >= 0.3 is 35.9 Å². The van der Waals surface area contributed by atoms with Crippen molar-refractivity contribution >= 4 is 111 Å². The summed E-state index contributed by atoms with van der Waals surface area (Å²) in [5.74, 6) is -17.7. The van der Waals surface area contributed by atoms with Crippen LogP contribution in [0.3, 0.4) is 0 Å². The van der Waals surface area contributed by atoms with Crippen molar-refractivity contribution in [1.82, 2.24) is 52.0 Å². The fraction of sp³-hybridized carbons (Fsp3) is 0.567. The summed E-state index contributed by atoms with van der Waals surface area (Å²) in [5.41, 5.74) is 5.31. The summed E-state index contributed by atoms with van der Waals surface area (Å²) in [6.45, 7) is 4.20. The number of aromatic nitrogens is 1. The van der Waals surface area contributed by atoms with E-state index >= 15 is 4.55 Å². The maximum Gasteiger partial charge on any atom is 0.409 e. The average molecular weight is 1530 g/mol. The van der Waals surface area contributed by atoms with E-state index < -0.39 is 254 Å². The van der Waals surface area contributed by atoms with E-state index in [1.165, 1.54) is 49.2 Å². The number of hydrogen-bond donors (Lipinski definition) is 13. The summed E-state index contributed by atoms with van der Waals surface area (Å²) in [5, 5.41) is 56.7. The third-order valence-corrected chi connectivity index (χ3v) is 19.5. The Labute approximate surface area is 614 Å². The maximum atomic E-state index is 15.5. The number of hydrogen-bond acceptors (Lipinski definition) is 27. The van der Waals surface area contributed by atoms with Crippen molar-refractivity contribution < 1.29 is 135 Å². The molecule has 0 radical (unpaired) electrons. The van der Waals surface area contributed by atoms with Crippen LogP contribution >= 0.6 is 0 Å². The Morgan fingerprint density at radius 1 is 0.785 bits per heavy atom. The molecule has 2 aromatic carbocycles. The van der Waals surface area contributed by atoms with E-state index in [1.807, 2.05) is 0 Å². The highest BCUT2D eigenvalue weighted by Gasteiger charge is 2.56. The zero-order chi connectivity index (χ0) is 78.8. The maximum absolute atomic E-state index is 15.5. The lowest BCUT2D eigenvalue weighted by molar-refractivity contribution is -0.282. The first-order valence-electron chi connectivity index (χ1n) is 34.1. The number of aliphatic hydroxyl groups excluding tert-OH is 3. The van der Waals surface area contributed by atoms with Crippen LogP contribution in [0, 0.1) is 11.8 Å². The minimum absolute atomic E-state index is 0.0653. The van der Waals surface area contributed by atoms with Crippen molar-refractivity contribution in [2.75, 3.05) is 53.6 Å². The zero-order valence-electron chi connectivity index (χ0n) is 59.7. The summed E-state index contributed by atoms with van der Waals surface area (Å²) in [7, 11) is 2.46. The number of carboxylic acid groups (broad SMARTS) is 1. The molecule has 0 aliphatic carbocycles. The molecule has 5 heterocycles. The molecule has 2 saturated heterocycles. The summed E-state index contributed by atoms with van der Waals surface area (Å²) >= 11 is -2.88. The van der Waals surface area contributed by atoms with Gasteiger partial charge in [-0.25, -0.2) is 14.4 Å². The van der Waals surface area contributed by atoms with Crippen LogP contribution in [0.4, 0.5) is 4.79 Å². The average Bonchev–Trinajstić information content (AvgIpc) is 1.76. The number of carbonyl (C=O) groups is 15. The molecule has 2 bridgehead atoms. The molecule has 2 unspecified atom stereocenters. The first-order chi connectivity index (χ1) is 50.6. The van der Waals surface area contributed by atoms with Crippen LogP contribution in [0.1, 0.15) is 108 Å². The number of primary amides is 1. The van der Waals surface area contributed by atoms with Crippen molar-refractivity contribution in [1.29, 1.82) is 0 Å². The smallest absolute Gasteiger partial charge is 0.409 e. The van der Waals surface area contributed by atoms with E-state index in [1.54, 1.807) is 13.8 Å². The van der Waals surface area contributed by atoms with E-state index in [2.05, 4.69) is 42.2 Å². The molecular weight excluding hydrogens is 1440 g/mol. The lowest BCUT2D eigenvalue weighted by Crippen LogP contribution is -2.64. The number of H-pyrrole nitrogens is 1. The fourth-order valence-electron chi connectivity index (χ4n) is 12.2. The largest absolute Gasteiger partial charge is 0.608 e. The van der Waals surface area contributed by atoms with Gasteiger partial charge in [-0.3, -0.25) is 57.5 Å². The molecule has 7 rings (SSSR count). The predicted octanol–water partition coefficient (Wildman–Crippen LogP) is -3.69. The molecule has 0 spiro atoms. The number of benzene rings is 2. The molecule has 586 valence electrons. The number of aromatic amines is 1. The van der Waals surface area contributed by atoms with Crippen molar-refractivity contribution in [3.8, 4) is 11.5 Å². The van der Waals surface area contributed by atoms with Gasteiger partial charge < -0.3 is 121 Å². The lowest BCUT2D eigenvalue weighted by atomic mass is 9.93. The summed E-state index contributed by atoms with van der Waals surface area (Å²) in [6, 6.07) is -0.554. The predicted molar refractivity (Wildman–Crippen MR) is 364 cm³/mol. The van der Waals surface area contributed by atoms with Gasteiger partial charge in [0, 0.05) is 87.9 Å². The highest BCUT2D eigenvalue weighted by Crippen LogP contribution is 2.35. The number of carboxylic acids is 1. The Balaban J connectivity index is 1.09. The van der Waals surface area contributed by atoms with Crippen LogP contribution in [0.15, 0.2) is 41.4 Å². The molecule has 0 saturated carbocycles. The minimum Gasteiger partial charge on any atom is -0.608 e. The van der Waals surface area contributed by atoms with Gasteiger partial charge in [0.25, 0.3) is 11.3 Å². The molecule has 107 heavy (non-hydrogen) atoms. The van der Waals surface area contributed by atoms with Gasteiger partial charge in [-0.05, 0) is 48.6 Å². The Hall–Kier alpha value is -10.4. The first-order valence-corrected chi connectivity index (χ1v) is 35.3. The third-order valence-electron chi connectivity index (χ3n) is 18.0. The number of nitrogens with one attached hydrogen (secondary N) is 8. The Morgan fingerprint density at radius 3 is 2.08 bits per heavy atom. The topological polar surface area (TPSA) is 566 Å². The summed E-state index contributed by atoms with van der Waals surface area (Å²) < 4.78 is 59.5. The second-order valence-corrected chi connectivity index (χ2v) is 27.4. The van der Waals surface area contributed by atoms with Crippen LogP contribution in [0.5, 0.6) is 11.5 Å². The van der Waals surface area contributed by atoms with E-state index in [0.29, 0.717) is 32.1 Å². The Kier molecular flexibility index (Phi) is 29.9. The number of rotatable bonds is 24. The van der Waals surface area contributed by atoms with Crippen molar-refractivity contribution in [3.63, 3.8) is 0 Å². The SMILES string of the molecule is CC[C@H](C)C1NC(=O)CNC(=O)[C@@H]2Cc3c([nH]c4cc(OCCCCCCN(C)C(=O)OCc5ccc(O[C@@H]6O[C@H](C(=O)OC)[C@@H](OC(C)=O)[C@H](OC(C)=O)[C@H]6OC(C)=O)c(C(=O)O)c5)ccc34)[S+]([O-])[C@H](NC(=O)CNC1=O)C(=O)N[C@@H](CC(N)=O)C(=O)N1C[C@H](O)C[C@H]1C(=O)N[C@@H]([C@@H](C)[C@@H](O)CO)C(=O)N2. The molecule has 3 aromatic rings. The molecule has 40 heteroatoms. The fourth-order valence-corrected chi connectivity index (χ4v) is 13.6. The molecular formula is C67H89N11O28S. The number of esters is 4. The number of methoxy groups -OCH3 is 1. The van der Waals surface area contributed by atoms with Crippen LogP contribution in [-0.2, 0) is 115 Å². The number of fused-ring (bicyclic) bond motifs is 4. The van der Waals surface area contributed by atoms with Crippen LogP contribution in [0.2, 0.25) is 0 Å². The molecule has 10 amide bonds. The monoisotopic (exact) mass is 1530 g/mol. The van der Waals surface area contributed by atoms with E-state index in [9.17, 15) is 92.3 Å². The lowest BCUT2D eigenvalue weighted by Gasteiger charge is -2.43. The van der Waals surface area contributed by atoms with Crippen LogP contribution < -0.4 is 52.4 Å². The van der Waals surface area contributed by atoms with E-state index in [4.69, 9.17) is 43.6 Å². The quantitative estimate of drug-likeness (QED) is 0.0178.